The van der Waals surface area contributed by atoms with Gasteiger partial charge in [0, 0.05) is 11.3 Å². The average molecular weight is 306 g/mol. The maximum atomic E-state index is 10.8. The molecule has 5 atom stereocenters. The van der Waals surface area contributed by atoms with E-state index in [1.54, 1.807) is 19.2 Å². The molecule has 22 heavy (non-hydrogen) atoms. The number of fused-ring (bicyclic) bond motifs is 3. The SMILES string of the molecule is COc1ccc2c(c1)C1(C)C(O)CCC(C)(C)C1C(O)C2O. The Morgan fingerprint density at radius 2 is 1.82 bits per heavy atom. The molecule has 122 valence electrons. The van der Waals surface area contributed by atoms with E-state index in [9.17, 15) is 15.3 Å². The van der Waals surface area contributed by atoms with Crippen molar-refractivity contribution in [2.75, 3.05) is 7.11 Å². The molecule has 0 heterocycles. The lowest BCUT2D eigenvalue weighted by Crippen LogP contribution is -2.61. The molecule has 1 fully saturated rings. The highest BCUT2D eigenvalue weighted by Crippen LogP contribution is 2.59. The summed E-state index contributed by atoms with van der Waals surface area (Å²) in [7, 11) is 1.61. The van der Waals surface area contributed by atoms with Gasteiger partial charge < -0.3 is 20.1 Å². The predicted octanol–water partition coefficient (Wildman–Crippen LogP) is 2.16. The molecule has 3 rings (SSSR count). The third-order valence-corrected chi connectivity index (χ3v) is 6.07. The maximum Gasteiger partial charge on any atom is 0.119 e. The van der Waals surface area contributed by atoms with E-state index < -0.39 is 23.7 Å². The predicted molar refractivity (Wildman–Crippen MR) is 83.8 cm³/mol. The zero-order chi connectivity index (χ0) is 16.3. The molecule has 5 unspecified atom stereocenters. The summed E-state index contributed by atoms with van der Waals surface area (Å²) < 4.78 is 5.33. The Hall–Kier alpha value is -1.10. The highest BCUT2D eigenvalue weighted by Gasteiger charge is 2.59. The van der Waals surface area contributed by atoms with E-state index in [4.69, 9.17) is 4.74 Å². The Labute approximate surface area is 131 Å². The first-order chi connectivity index (χ1) is 10.2. The largest absolute Gasteiger partial charge is 0.497 e. The summed E-state index contributed by atoms with van der Waals surface area (Å²) in [6, 6.07) is 5.50. The van der Waals surface area contributed by atoms with Gasteiger partial charge in [-0.05, 0) is 41.5 Å². The first-order valence-corrected chi connectivity index (χ1v) is 7.96. The van der Waals surface area contributed by atoms with Crippen molar-refractivity contribution in [1.29, 1.82) is 0 Å². The second-order valence-corrected chi connectivity index (χ2v) is 7.69. The van der Waals surface area contributed by atoms with Gasteiger partial charge in [-0.25, -0.2) is 0 Å². The van der Waals surface area contributed by atoms with Crippen molar-refractivity contribution >= 4 is 0 Å². The lowest BCUT2D eigenvalue weighted by Gasteiger charge is -2.59. The molecule has 0 saturated heterocycles. The van der Waals surface area contributed by atoms with Crippen LogP contribution in [0, 0.1) is 11.3 Å². The van der Waals surface area contributed by atoms with E-state index in [1.807, 2.05) is 13.0 Å². The number of rotatable bonds is 1. The van der Waals surface area contributed by atoms with Crippen molar-refractivity contribution in [2.45, 2.75) is 57.3 Å². The van der Waals surface area contributed by atoms with Crippen LogP contribution < -0.4 is 4.74 Å². The van der Waals surface area contributed by atoms with Crippen molar-refractivity contribution in [3.63, 3.8) is 0 Å². The van der Waals surface area contributed by atoms with Crippen molar-refractivity contribution in [1.82, 2.24) is 0 Å². The van der Waals surface area contributed by atoms with E-state index in [1.165, 1.54) is 0 Å². The van der Waals surface area contributed by atoms with Crippen molar-refractivity contribution in [2.24, 2.45) is 11.3 Å². The third-order valence-electron chi connectivity index (χ3n) is 6.07. The van der Waals surface area contributed by atoms with Gasteiger partial charge in [-0.2, -0.15) is 0 Å². The van der Waals surface area contributed by atoms with Gasteiger partial charge in [0.15, 0.2) is 0 Å². The van der Waals surface area contributed by atoms with E-state index in [-0.39, 0.29) is 11.3 Å². The lowest BCUT2D eigenvalue weighted by atomic mass is 9.48. The molecule has 0 amide bonds. The average Bonchev–Trinajstić information content (AvgIpc) is 2.48. The molecule has 0 aliphatic heterocycles. The maximum absolute atomic E-state index is 10.8. The van der Waals surface area contributed by atoms with Gasteiger partial charge in [0.05, 0.1) is 19.3 Å². The van der Waals surface area contributed by atoms with Crippen LogP contribution >= 0.6 is 0 Å². The van der Waals surface area contributed by atoms with Gasteiger partial charge in [0.2, 0.25) is 0 Å². The molecule has 0 aromatic heterocycles. The number of aliphatic hydroxyl groups is 3. The summed E-state index contributed by atoms with van der Waals surface area (Å²) in [4.78, 5) is 0. The van der Waals surface area contributed by atoms with Crippen LogP contribution in [0.4, 0.5) is 0 Å². The number of methoxy groups -OCH3 is 1. The topological polar surface area (TPSA) is 69.9 Å². The Morgan fingerprint density at radius 1 is 1.14 bits per heavy atom. The van der Waals surface area contributed by atoms with E-state index in [0.717, 1.165) is 12.0 Å². The molecule has 0 spiro atoms. The Kier molecular flexibility index (Phi) is 3.55. The first kappa shape index (κ1) is 15.8. The lowest BCUT2D eigenvalue weighted by molar-refractivity contribution is -0.148. The summed E-state index contributed by atoms with van der Waals surface area (Å²) in [5.41, 5.74) is 0.845. The standard InChI is InChI=1S/C18H26O4/c1-17(2)8-7-13(19)18(3)12-9-10(22-4)5-6-11(12)14(20)15(21)16(17)18/h5-6,9,13-16,19-21H,7-8H2,1-4H3. The number of hydrogen-bond acceptors (Lipinski definition) is 4. The van der Waals surface area contributed by atoms with Gasteiger partial charge >= 0.3 is 0 Å². The van der Waals surface area contributed by atoms with Crippen molar-refractivity contribution in [3.05, 3.63) is 29.3 Å². The van der Waals surface area contributed by atoms with Crippen LogP contribution in [0.5, 0.6) is 5.75 Å². The van der Waals surface area contributed by atoms with E-state index in [0.29, 0.717) is 17.7 Å². The molecule has 2 aliphatic carbocycles. The van der Waals surface area contributed by atoms with Crippen LogP contribution in [0.3, 0.4) is 0 Å². The molecule has 4 heteroatoms. The third kappa shape index (κ3) is 1.94. The smallest absolute Gasteiger partial charge is 0.119 e. The van der Waals surface area contributed by atoms with Crippen LogP contribution in [0.25, 0.3) is 0 Å². The fourth-order valence-corrected chi connectivity index (χ4v) is 4.90. The zero-order valence-corrected chi connectivity index (χ0v) is 13.7. The molecular weight excluding hydrogens is 280 g/mol. The van der Waals surface area contributed by atoms with Crippen LogP contribution in [0.2, 0.25) is 0 Å². The van der Waals surface area contributed by atoms with Gasteiger partial charge in [-0.3, -0.25) is 0 Å². The van der Waals surface area contributed by atoms with Gasteiger partial charge in [0.1, 0.15) is 11.9 Å². The van der Waals surface area contributed by atoms with E-state index in [2.05, 4.69) is 13.8 Å². The normalized spacial score (nSPS) is 39.8. The number of aliphatic hydroxyl groups excluding tert-OH is 3. The molecule has 3 N–H and O–H groups in total. The monoisotopic (exact) mass is 306 g/mol. The summed E-state index contributed by atoms with van der Waals surface area (Å²) in [6.45, 7) is 6.24. The van der Waals surface area contributed by atoms with Crippen molar-refractivity contribution < 1.29 is 20.1 Å². The van der Waals surface area contributed by atoms with Crippen LogP contribution in [0.15, 0.2) is 18.2 Å². The number of hydrogen-bond donors (Lipinski definition) is 3. The summed E-state index contributed by atoms with van der Waals surface area (Å²) in [5, 5.41) is 32.1. The zero-order valence-electron chi connectivity index (χ0n) is 13.7. The molecule has 4 nitrogen and oxygen atoms in total. The fraction of sp³-hybridized carbons (Fsp3) is 0.667. The molecule has 1 saturated carbocycles. The van der Waals surface area contributed by atoms with Gasteiger partial charge in [-0.1, -0.05) is 26.8 Å². The summed E-state index contributed by atoms with van der Waals surface area (Å²) in [5.74, 6) is 0.497. The fourth-order valence-electron chi connectivity index (χ4n) is 4.90. The van der Waals surface area contributed by atoms with Crippen LogP contribution in [0.1, 0.15) is 50.8 Å². The summed E-state index contributed by atoms with van der Waals surface area (Å²) >= 11 is 0. The van der Waals surface area contributed by atoms with Gasteiger partial charge in [0.25, 0.3) is 0 Å². The van der Waals surface area contributed by atoms with Gasteiger partial charge in [-0.15, -0.1) is 0 Å². The Morgan fingerprint density at radius 3 is 2.45 bits per heavy atom. The molecule has 0 bridgehead atoms. The van der Waals surface area contributed by atoms with Crippen LogP contribution in [-0.2, 0) is 5.41 Å². The second kappa shape index (κ2) is 4.95. The molecular formula is C18H26O4. The first-order valence-electron chi connectivity index (χ1n) is 7.96. The minimum atomic E-state index is -0.927. The minimum absolute atomic E-state index is 0.158. The Balaban J connectivity index is 2.26. The second-order valence-electron chi connectivity index (χ2n) is 7.69. The van der Waals surface area contributed by atoms with Crippen molar-refractivity contribution in [3.8, 4) is 5.75 Å². The number of benzene rings is 1. The summed E-state index contributed by atoms with van der Waals surface area (Å²) in [6.07, 6.45) is -0.824. The van der Waals surface area contributed by atoms with E-state index >= 15 is 0 Å². The quantitative estimate of drug-likeness (QED) is 0.743. The molecule has 1 aromatic rings. The molecule has 2 aliphatic rings. The van der Waals surface area contributed by atoms with Crippen LogP contribution in [-0.4, -0.2) is 34.6 Å². The number of ether oxygens (including phenoxy) is 1. The Bertz CT molecular complexity index is 582. The molecule has 0 radical (unpaired) electrons. The minimum Gasteiger partial charge on any atom is -0.497 e. The molecule has 1 aromatic carbocycles. The highest BCUT2D eigenvalue weighted by atomic mass is 16.5. The highest BCUT2D eigenvalue weighted by molar-refractivity contribution is 5.46.